The van der Waals surface area contributed by atoms with Crippen molar-refractivity contribution in [2.45, 2.75) is 0 Å². The van der Waals surface area contributed by atoms with Crippen molar-refractivity contribution in [2.75, 3.05) is 0 Å². The fourth-order valence-corrected chi connectivity index (χ4v) is 16.0. The lowest BCUT2D eigenvalue weighted by Crippen LogP contribution is -1.93. The van der Waals surface area contributed by atoms with Gasteiger partial charge in [0.15, 0.2) is 0 Å². The molecular formula is C100H64. The van der Waals surface area contributed by atoms with Gasteiger partial charge in [0.2, 0.25) is 0 Å². The molecule has 0 spiro atoms. The summed E-state index contributed by atoms with van der Waals surface area (Å²) >= 11 is 0. The van der Waals surface area contributed by atoms with Crippen molar-refractivity contribution in [1.29, 1.82) is 0 Å². The maximum Gasteiger partial charge on any atom is -0.00199 e. The minimum atomic E-state index is 1.21. The third-order valence-corrected chi connectivity index (χ3v) is 20.9. The summed E-state index contributed by atoms with van der Waals surface area (Å²) in [5.74, 6) is 0. The molecule has 0 aliphatic rings. The average molecular weight is 1270 g/mol. The Bertz CT molecular complexity index is 6610. The van der Waals surface area contributed by atoms with Crippen LogP contribution in [0.3, 0.4) is 0 Å². The number of benzene rings is 20. The molecule has 20 rings (SSSR count). The zero-order valence-corrected chi connectivity index (χ0v) is 55.0. The fourth-order valence-electron chi connectivity index (χ4n) is 16.0. The van der Waals surface area contributed by atoms with Crippen LogP contribution in [0.2, 0.25) is 0 Å². The van der Waals surface area contributed by atoms with E-state index in [1.807, 2.05) is 0 Å². The summed E-state index contributed by atoms with van der Waals surface area (Å²) in [6, 6.07) is 143. The highest BCUT2D eigenvalue weighted by molar-refractivity contribution is 6.26. The van der Waals surface area contributed by atoms with Crippen molar-refractivity contribution < 1.29 is 0 Å². The van der Waals surface area contributed by atoms with Crippen LogP contribution < -0.4 is 0 Å². The molecule has 0 unspecified atom stereocenters. The first kappa shape index (κ1) is 58.4. The molecule has 20 aromatic carbocycles. The molecule has 0 heteroatoms. The maximum atomic E-state index is 2.43. The number of hydrogen-bond donors (Lipinski definition) is 0. The Morgan fingerprint density at radius 2 is 0.340 bits per heavy atom. The zero-order chi connectivity index (χ0) is 66.0. The lowest BCUT2D eigenvalue weighted by atomic mass is 9.83. The van der Waals surface area contributed by atoms with Gasteiger partial charge in [0.1, 0.15) is 0 Å². The van der Waals surface area contributed by atoms with Crippen molar-refractivity contribution in [2.24, 2.45) is 0 Å². The van der Waals surface area contributed by atoms with Crippen LogP contribution in [-0.4, -0.2) is 0 Å². The molecule has 0 aliphatic carbocycles. The lowest BCUT2D eigenvalue weighted by molar-refractivity contribution is 1.61. The maximum absolute atomic E-state index is 2.43. The molecule has 464 valence electrons. The van der Waals surface area contributed by atoms with Crippen LogP contribution in [0.5, 0.6) is 0 Å². The molecule has 0 atom stereocenters. The van der Waals surface area contributed by atoms with Crippen molar-refractivity contribution in [3.05, 3.63) is 388 Å². The zero-order valence-electron chi connectivity index (χ0n) is 55.0. The van der Waals surface area contributed by atoms with Gasteiger partial charge in [-0.1, -0.05) is 358 Å². The molecule has 0 nitrogen and oxygen atoms in total. The first-order chi connectivity index (χ1) is 49.6. The van der Waals surface area contributed by atoms with Gasteiger partial charge in [-0.15, -0.1) is 0 Å². The van der Waals surface area contributed by atoms with E-state index in [-0.39, 0.29) is 0 Å². The largest absolute Gasteiger partial charge is 0.0616 e. The predicted octanol–water partition coefficient (Wildman–Crippen LogP) is 28.2. The summed E-state index contributed by atoms with van der Waals surface area (Å²) in [5.41, 5.74) is 19.9. The molecule has 0 fully saturated rings. The molecule has 0 heterocycles. The van der Waals surface area contributed by atoms with Crippen LogP contribution in [-0.2, 0) is 0 Å². The summed E-state index contributed by atoms with van der Waals surface area (Å²) in [6.07, 6.45) is 0. The van der Waals surface area contributed by atoms with Crippen molar-refractivity contribution in [1.82, 2.24) is 0 Å². The Morgan fingerprint density at radius 1 is 0.100 bits per heavy atom. The second-order valence-corrected chi connectivity index (χ2v) is 26.5. The Morgan fingerprint density at radius 3 is 0.770 bits per heavy atom. The minimum absolute atomic E-state index is 1.21. The van der Waals surface area contributed by atoms with Gasteiger partial charge < -0.3 is 0 Å². The van der Waals surface area contributed by atoms with Gasteiger partial charge in [0.25, 0.3) is 0 Å². The van der Waals surface area contributed by atoms with Crippen LogP contribution in [0.15, 0.2) is 388 Å². The monoisotopic (exact) mass is 1260 g/mol. The van der Waals surface area contributed by atoms with Crippen molar-refractivity contribution in [3.63, 3.8) is 0 Å². The highest BCUT2D eigenvalue weighted by Crippen LogP contribution is 2.50. The van der Waals surface area contributed by atoms with E-state index < -0.39 is 0 Å². The van der Waals surface area contributed by atoms with Crippen molar-refractivity contribution in [3.8, 4) is 89.0 Å². The van der Waals surface area contributed by atoms with Gasteiger partial charge in [0.05, 0.1) is 0 Å². The number of fused-ring (bicyclic) bond motifs is 10. The van der Waals surface area contributed by atoms with Gasteiger partial charge in [-0.3, -0.25) is 0 Å². The van der Waals surface area contributed by atoms with Gasteiger partial charge in [-0.2, -0.15) is 0 Å². The third-order valence-electron chi connectivity index (χ3n) is 20.9. The standard InChI is InChI=1S/2C50H32/c1-3-13-38-30-41(26-22-33(38)10-1)49-45-17-7-8-18-46(45)50(42-27-23-34-11-2-4-14-39(34)31-42)48-32-40(28-29-47(48)49)35-20-24-37(25-21-35)44-19-9-15-36-12-5-6-16-43(36)44;1-2-14-38-31-39(28-27-33(38)11-1)34-23-25-35(26-24-34)40-29-30-47-48(32-40)50(44-22-10-16-37-13-4-6-18-42(37)44)46-20-8-7-19-45(46)49(47)43-21-9-15-36-12-3-5-17-41(36)43/h2*1-32H. The Hall–Kier alpha value is -13.0. The summed E-state index contributed by atoms with van der Waals surface area (Å²) in [4.78, 5) is 0. The summed E-state index contributed by atoms with van der Waals surface area (Å²) < 4.78 is 0. The normalized spacial score (nSPS) is 11.6. The lowest BCUT2D eigenvalue weighted by Gasteiger charge is -2.20. The number of hydrogen-bond acceptors (Lipinski definition) is 0. The molecule has 20 aromatic rings. The summed E-state index contributed by atoms with van der Waals surface area (Å²) in [7, 11) is 0. The summed E-state index contributed by atoms with van der Waals surface area (Å²) in [6.45, 7) is 0. The van der Waals surface area contributed by atoms with E-state index in [0.29, 0.717) is 0 Å². The smallest absolute Gasteiger partial charge is 0.00199 e. The van der Waals surface area contributed by atoms with Crippen LogP contribution in [0.1, 0.15) is 0 Å². The van der Waals surface area contributed by atoms with Crippen LogP contribution in [0.4, 0.5) is 0 Å². The van der Waals surface area contributed by atoms with Crippen LogP contribution in [0.25, 0.3) is 197 Å². The molecule has 100 heavy (non-hydrogen) atoms. The molecule has 0 bridgehead atoms. The average Bonchev–Trinajstić information content (AvgIpc) is 0.728. The van der Waals surface area contributed by atoms with Gasteiger partial charge in [-0.05, 0) is 227 Å². The second-order valence-electron chi connectivity index (χ2n) is 26.5. The molecule has 0 saturated carbocycles. The van der Waals surface area contributed by atoms with Crippen molar-refractivity contribution >= 4 is 108 Å². The Labute approximate surface area is 581 Å². The van der Waals surface area contributed by atoms with Gasteiger partial charge in [-0.25, -0.2) is 0 Å². The van der Waals surface area contributed by atoms with E-state index in [2.05, 4.69) is 388 Å². The van der Waals surface area contributed by atoms with E-state index in [1.165, 1.54) is 197 Å². The predicted molar refractivity (Wildman–Crippen MR) is 431 cm³/mol. The highest BCUT2D eigenvalue weighted by atomic mass is 14.3. The van der Waals surface area contributed by atoms with E-state index in [4.69, 9.17) is 0 Å². The van der Waals surface area contributed by atoms with E-state index in [0.717, 1.165) is 0 Å². The summed E-state index contributed by atoms with van der Waals surface area (Å²) in [5, 5.41) is 25.3. The molecule has 0 aliphatic heterocycles. The first-order valence-electron chi connectivity index (χ1n) is 34.7. The molecule has 0 radical (unpaired) electrons. The molecule has 0 saturated heterocycles. The van der Waals surface area contributed by atoms with E-state index >= 15 is 0 Å². The molecule has 0 aromatic heterocycles. The van der Waals surface area contributed by atoms with Crippen LogP contribution >= 0.6 is 0 Å². The Balaban J connectivity index is 0.000000139. The Kier molecular flexibility index (Phi) is 14.3. The second kappa shape index (κ2) is 24.6. The quantitative estimate of drug-likeness (QED) is 0.133. The third kappa shape index (κ3) is 10.2. The first-order valence-corrected chi connectivity index (χ1v) is 34.7. The highest BCUT2D eigenvalue weighted by Gasteiger charge is 2.22. The topological polar surface area (TPSA) is 0 Å². The molecular weight excluding hydrogens is 1200 g/mol. The van der Waals surface area contributed by atoms with E-state index in [9.17, 15) is 0 Å². The van der Waals surface area contributed by atoms with Crippen LogP contribution in [0, 0.1) is 0 Å². The minimum Gasteiger partial charge on any atom is -0.0616 e. The van der Waals surface area contributed by atoms with Gasteiger partial charge >= 0.3 is 0 Å². The number of rotatable bonds is 8. The molecule has 0 N–H and O–H groups in total. The van der Waals surface area contributed by atoms with E-state index in [1.54, 1.807) is 0 Å². The SMILES string of the molecule is c1ccc2cc(-c3c4ccccc4c(-c4ccc5ccccc5c4)c4cc(-c5ccc(-c6cccc7ccccc67)cc5)ccc34)ccc2c1.c1ccc2cc(-c3ccc(-c4ccc5c(-c6cccc7ccccc67)c6ccccc6c(-c6cccc7ccccc67)c5c4)cc3)ccc2c1. The van der Waals surface area contributed by atoms with Gasteiger partial charge in [0, 0.05) is 0 Å². The fraction of sp³-hybridized carbons (Fsp3) is 0. The molecule has 0 amide bonds.